The number of benzene rings is 2. The normalized spacial score (nSPS) is 16.0. The van der Waals surface area contributed by atoms with Crippen LogP contribution in [0.25, 0.3) is 0 Å². The zero-order valence-corrected chi connectivity index (χ0v) is 17.3. The van der Waals surface area contributed by atoms with E-state index in [1.54, 1.807) is 12.1 Å². The van der Waals surface area contributed by atoms with Crippen LogP contribution in [0.15, 0.2) is 48.5 Å². The van der Waals surface area contributed by atoms with Crippen LogP contribution in [-0.2, 0) is 16.0 Å². The maximum Gasteiger partial charge on any atom is 0.335 e. The van der Waals surface area contributed by atoms with Gasteiger partial charge in [-0.15, -0.1) is 0 Å². The van der Waals surface area contributed by atoms with Gasteiger partial charge in [-0.05, 0) is 66.6 Å². The molecular formula is C22H22N2O5S. The van der Waals surface area contributed by atoms with Crippen molar-refractivity contribution in [1.82, 2.24) is 0 Å². The van der Waals surface area contributed by atoms with Crippen LogP contribution >= 0.6 is 11.8 Å². The van der Waals surface area contributed by atoms with Crippen LogP contribution in [0, 0.1) is 0 Å². The molecule has 0 radical (unpaired) electrons. The van der Waals surface area contributed by atoms with Crippen LogP contribution in [0.4, 0.5) is 16.2 Å². The number of carbonyl (C=O) groups excluding carboxylic acids is 3. The highest BCUT2D eigenvalue weighted by molar-refractivity contribution is 8.15. The highest BCUT2D eigenvalue weighted by Crippen LogP contribution is 2.33. The lowest BCUT2D eigenvalue weighted by atomic mass is 10.1. The molecule has 1 aliphatic rings. The van der Waals surface area contributed by atoms with Crippen molar-refractivity contribution in [2.75, 3.05) is 10.2 Å². The van der Waals surface area contributed by atoms with Crippen molar-refractivity contribution >= 4 is 46.2 Å². The Morgan fingerprint density at radius 3 is 2.33 bits per heavy atom. The minimum atomic E-state index is -1.06. The van der Waals surface area contributed by atoms with Gasteiger partial charge in [0.15, 0.2) is 0 Å². The molecule has 0 saturated carbocycles. The van der Waals surface area contributed by atoms with Crippen molar-refractivity contribution in [3.63, 3.8) is 0 Å². The number of imide groups is 1. The van der Waals surface area contributed by atoms with Gasteiger partial charge in [0.2, 0.25) is 11.8 Å². The number of amides is 3. The van der Waals surface area contributed by atoms with E-state index < -0.39 is 28.3 Å². The Bertz CT molecular complexity index is 956. The number of thioether (sulfide) groups is 1. The van der Waals surface area contributed by atoms with Crippen LogP contribution in [0.1, 0.15) is 42.1 Å². The molecule has 3 amide bonds. The molecule has 8 heteroatoms. The molecule has 2 aromatic rings. The van der Waals surface area contributed by atoms with Crippen LogP contribution in [0.3, 0.4) is 0 Å². The van der Waals surface area contributed by atoms with Crippen molar-refractivity contribution in [3.8, 4) is 0 Å². The summed E-state index contributed by atoms with van der Waals surface area (Å²) < 4.78 is 0. The standard InChI is InChI=1S/C22H22N2O5S/c1-2-3-4-14-5-11-17(12-6-14)24-20(26)18(30-22(24)29)13-19(25)23-16-9-7-15(8-10-16)21(27)28/h5-12,18H,2-4,13H2,1H3,(H,23,25)(H,27,28). The van der Waals surface area contributed by atoms with Gasteiger partial charge in [0, 0.05) is 12.1 Å². The summed E-state index contributed by atoms with van der Waals surface area (Å²) >= 11 is 0.839. The molecule has 1 atom stereocenters. The molecule has 1 unspecified atom stereocenters. The number of hydrogen-bond donors (Lipinski definition) is 2. The quantitative estimate of drug-likeness (QED) is 0.651. The third kappa shape index (κ3) is 5.07. The van der Waals surface area contributed by atoms with E-state index in [1.807, 2.05) is 12.1 Å². The summed E-state index contributed by atoms with van der Waals surface area (Å²) in [5.41, 5.74) is 2.19. The van der Waals surface area contributed by atoms with E-state index >= 15 is 0 Å². The number of nitrogens with one attached hydrogen (secondary N) is 1. The van der Waals surface area contributed by atoms with Crippen molar-refractivity contribution in [3.05, 3.63) is 59.7 Å². The second kappa shape index (κ2) is 9.58. The topological polar surface area (TPSA) is 104 Å². The maximum absolute atomic E-state index is 12.7. The smallest absolute Gasteiger partial charge is 0.335 e. The van der Waals surface area contributed by atoms with E-state index in [-0.39, 0.29) is 12.0 Å². The summed E-state index contributed by atoms with van der Waals surface area (Å²) in [5.74, 6) is -1.89. The van der Waals surface area contributed by atoms with Crippen LogP contribution < -0.4 is 10.2 Å². The number of hydrogen-bond acceptors (Lipinski definition) is 5. The van der Waals surface area contributed by atoms with Gasteiger partial charge in [0.25, 0.3) is 5.24 Å². The van der Waals surface area contributed by atoms with E-state index in [0.29, 0.717) is 11.4 Å². The average molecular weight is 426 g/mol. The summed E-state index contributed by atoms with van der Waals surface area (Å²) in [6, 6.07) is 13.0. The zero-order valence-electron chi connectivity index (χ0n) is 16.5. The van der Waals surface area contributed by atoms with Crippen LogP contribution in [0.5, 0.6) is 0 Å². The van der Waals surface area contributed by atoms with Gasteiger partial charge in [-0.2, -0.15) is 0 Å². The fourth-order valence-corrected chi connectivity index (χ4v) is 4.07. The van der Waals surface area contributed by atoms with Crippen LogP contribution in [0.2, 0.25) is 0 Å². The van der Waals surface area contributed by atoms with Gasteiger partial charge in [0.05, 0.1) is 11.3 Å². The molecule has 1 fully saturated rings. The van der Waals surface area contributed by atoms with E-state index in [9.17, 15) is 19.2 Å². The summed E-state index contributed by atoms with van der Waals surface area (Å²) in [7, 11) is 0. The fraction of sp³-hybridized carbons (Fsp3) is 0.273. The first-order chi connectivity index (χ1) is 14.4. The Labute approximate surface area is 178 Å². The minimum Gasteiger partial charge on any atom is -0.478 e. The summed E-state index contributed by atoms with van der Waals surface area (Å²) in [6.07, 6.45) is 2.96. The Balaban J connectivity index is 1.61. The van der Waals surface area contributed by atoms with Gasteiger partial charge in [-0.25, -0.2) is 9.69 Å². The van der Waals surface area contributed by atoms with Crippen molar-refractivity contribution < 1.29 is 24.3 Å². The second-order valence-electron chi connectivity index (χ2n) is 6.95. The summed E-state index contributed by atoms with van der Waals surface area (Å²) in [6.45, 7) is 2.12. The molecule has 30 heavy (non-hydrogen) atoms. The number of nitrogens with zero attached hydrogens (tertiary/aromatic N) is 1. The Morgan fingerprint density at radius 1 is 1.07 bits per heavy atom. The maximum atomic E-state index is 12.7. The number of carboxylic acids is 1. The van der Waals surface area contributed by atoms with Gasteiger partial charge in [-0.3, -0.25) is 14.4 Å². The minimum absolute atomic E-state index is 0.108. The third-order valence-corrected chi connectivity index (χ3v) is 5.76. The first-order valence-electron chi connectivity index (χ1n) is 9.65. The molecule has 0 aromatic heterocycles. The summed E-state index contributed by atoms with van der Waals surface area (Å²) in [4.78, 5) is 49.4. The first-order valence-corrected chi connectivity index (χ1v) is 10.5. The number of unbranched alkanes of at least 4 members (excludes halogenated alkanes) is 1. The molecule has 1 aliphatic heterocycles. The first kappa shape index (κ1) is 21.6. The van der Waals surface area contributed by atoms with Crippen molar-refractivity contribution in [1.29, 1.82) is 0 Å². The number of aryl methyl sites for hydroxylation is 1. The van der Waals surface area contributed by atoms with Gasteiger partial charge >= 0.3 is 5.97 Å². The predicted molar refractivity (Wildman–Crippen MR) is 116 cm³/mol. The molecule has 0 bridgehead atoms. The fourth-order valence-electron chi connectivity index (χ4n) is 3.09. The molecule has 0 spiro atoms. The van der Waals surface area contributed by atoms with Crippen molar-refractivity contribution in [2.45, 2.75) is 37.9 Å². The lowest BCUT2D eigenvalue weighted by molar-refractivity contribution is -0.121. The Kier molecular flexibility index (Phi) is 6.89. The van der Waals surface area contributed by atoms with Gasteiger partial charge in [0.1, 0.15) is 5.25 Å². The number of rotatable bonds is 8. The molecular weight excluding hydrogens is 404 g/mol. The Morgan fingerprint density at radius 2 is 1.73 bits per heavy atom. The molecule has 156 valence electrons. The highest BCUT2D eigenvalue weighted by Gasteiger charge is 2.41. The molecule has 7 nitrogen and oxygen atoms in total. The molecule has 3 rings (SSSR count). The van der Waals surface area contributed by atoms with E-state index in [2.05, 4.69) is 12.2 Å². The molecule has 2 aromatic carbocycles. The molecule has 2 N–H and O–H groups in total. The number of aromatic carboxylic acids is 1. The van der Waals surface area contributed by atoms with E-state index in [4.69, 9.17) is 5.11 Å². The zero-order chi connectivity index (χ0) is 21.7. The largest absolute Gasteiger partial charge is 0.478 e. The lowest BCUT2D eigenvalue weighted by Crippen LogP contribution is -2.32. The molecule has 1 saturated heterocycles. The monoisotopic (exact) mass is 426 g/mol. The number of anilines is 2. The van der Waals surface area contributed by atoms with Gasteiger partial charge in [-0.1, -0.05) is 25.5 Å². The molecule has 1 heterocycles. The van der Waals surface area contributed by atoms with E-state index in [0.717, 1.165) is 41.5 Å². The number of carbonyl (C=O) groups is 4. The van der Waals surface area contributed by atoms with Crippen LogP contribution in [-0.4, -0.2) is 33.4 Å². The van der Waals surface area contributed by atoms with Crippen molar-refractivity contribution in [2.24, 2.45) is 0 Å². The average Bonchev–Trinajstić information content (AvgIpc) is 3.00. The lowest BCUT2D eigenvalue weighted by Gasteiger charge is -2.14. The molecule has 0 aliphatic carbocycles. The van der Waals surface area contributed by atoms with Gasteiger partial charge < -0.3 is 10.4 Å². The summed E-state index contributed by atoms with van der Waals surface area (Å²) in [5, 5.41) is 10.3. The highest BCUT2D eigenvalue weighted by atomic mass is 32.2. The Hall–Kier alpha value is -3.13. The number of carboxylic acid groups (broad SMARTS) is 1. The van der Waals surface area contributed by atoms with E-state index in [1.165, 1.54) is 24.3 Å². The second-order valence-corrected chi connectivity index (χ2v) is 8.10. The SMILES string of the molecule is CCCCc1ccc(N2C(=O)SC(CC(=O)Nc3ccc(C(=O)O)cc3)C2=O)cc1. The third-order valence-electron chi connectivity index (χ3n) is 4.72. The predicted octanol–water partition coefficient (Wildman–Crippen LogP) is 4.32.